The first-order valence-electron chi connectivity index (χ1n) is 5.91. The Hall–Kier alpha value is -0.320. The summed E-state index contributed by atoms with van der Waals surface area (Å²) in [6, 6.07) is 0. The molecule has 0 unspecified atom stereocenters. The summed E-state index contributed by atoms with van der Waals surface area (Å²) in [6.45, 7) is 3.42. The Morgan fingerprint density at radius 2 is 2.19 bits per heavy atom. The molecule has 1 amide bonds. The molecule has 96 valence electrons. The van der Waals surface area contributed by atoms with E-state index in [0.717, 1.165) is 32.2 Å². The molecular formula is C11H23ClN2O2. The summed E-state index contributed by atoms with van der Waals surface area (Å²) in [5.74, 6) is 0.0297. The van der Waals surface area contributed by atoms with E-state index in [-0.39, 0.29) is 30.5 Å². The highest BCUT2D eigenvalue weighted by molar-refractivity contribution is 5.85. The van der Waals surface area contributed by atoms with Crippen molar-refractivity contribution in [1.82, 2.24) is 5.32 Å². The van der Waals surface area contributed by atoms with Gasteiger partial charge in [0.05, 0.1) is 6.10 Å². The predicted octanol–water partition coefficient (Wildman–Crippen LogP) is 1.22. The van der Waals surface area contributed by atoms with Crippen molar-refractivity contribution in [3.63, 3.8) is 0 Å². The maximum absolute atomic E-state index is 11.6. The third kappa shape index (κ3) is 5.14. The number of rotatable bonds is 6. The highest BCUT2D eigenvalue weighted by atomic mass is 35.5. The number of hydrogen-bond acceptors (Lipinski definition) is 3. The van der Waals surface area contributed by atoms with E-state index in [1.54, 1.807) is 0 Å². The van der Waals surface area contributed by atoms with Crippen LogP contribution in [0.3, 0.4) is 0 Å². The summed E-state index contributed by atoms with van der Waals surface area (Å²) in [6.07, 6.45) is 4.92. The first kappa shape index (κ1) is 15.7. The Labute approximate surface area is 104 Å². The van der Waals surface area contributed by atoms with E-state index in [1.165, 1.54) is 6.42 Å². The lowest BCUT2D eigenvalue weighted by atomic mass is 10.2. The second-order valence-corrected chi connectivity index (χ2v) is 4.06. The van der Waals surface area contributed by atoms with Crippen LogP contribution in [0.4, 0.5) is 0 Å². The molecule has 0 radical (unpaired) electrons. The zero-order valence-electron chi connectivity index (χ0n) is 9.91. The first-order valence-corrected chi connectivity index (χ1v) is 5.91. The van der Waals surface area contributed by atoms with Gasteiger partial charge in [0.2, 0.25) is 5.91 Å². The zero-order valence-corrected chi connectivity index (χ0v) is 10.7. The van der Waals surface area contributed by atoms with Gasteiger partial charge in [-0.3, -0.25) is 4.79 Å². The zero-order chi connectivity index (χ0) is 11.1. The Bertz CT molecular complexity index is 202. The summed E-state index contributed by atoms with van der Waals surface area (Å²) in [7, 11) is 0. The van der Waals surface area contributed by atoms with Crippen molar-refractivity contribution >= 4 is 18.3 Å². The van der Waals surface area contributed by atoms with Gasteiger partial charge in [-0.05, 0) is 19.3 Å². The van der Waals surface area contributed by atoms with E-state index in [4.69, 9.17) is 10.5 Å². The summed E-state index contributed by atoms with van der Waals surface area (Å²) < 4.78 is 5.49. The van der Waals surface area contributed by atoms with E-state index < -0.39 is 0 Å². The molecule has 0 bridgehead atoms. The minimum absolute atomic E-state index is 0. The van der Waals surface area contributed by atoms with Crippen LogP contribution in [0.25, 0.3) is 0 Å². The van der Waals surface area contributed by atoms with Crippen molar-refractivity contribution in [2.75, 3.05) is 13.1 Å². The van der Waals surface area contributed by atoms with Gasteiger partial charge in [0, 0.05) is 13.1 Å². The van der Waals surface area contributed by atoms with Gasteiger partial charge in [-0.1, -0.05) is 19.8 Å². The molecule has 0 aromatic heterocycles. The number of nitrogens with two attached hydrogens (primary N) is 1. The van der Waals surface area contributed by atoms with Gasteiger partial charge in [-0.15, -0.1) is 12.4 Å². The minimum Gasteiger partial charge on any atom is -0.364 e. The molecule has 1 fully saturated rings. The predicted molar refractivity (Wildman–Crippen MR) is 66.7 cm³/mol. The molecule has 1 aliphatic rings. The lowest BCUT2D eigenvalue weighted by Gasteiger charge is -2.12. The molecule has 2 atom stereocenters. The lowest BCUT2D eigenvalue weighted by molar-refractivity contribution is -0.131. The maximum atomic E-state index is 11.6. The molecule has 0 aromatic rings. The summed E-state index contributed by atoms with van der Waals surface area (Å²) in [5, 5.41) is 2.90. The minimum atomic E-state index is -0.264. The Kier molecular flexibility index (Phi) is 8.61. The molecule has 0 aromatic carbocycles. The fourth-order valence-corrected chi connectivity index (χ4v) is 1.77. The molecule has 1 rings (SSSR count). The van der Waals surface area contributed by atoms with E-state index in [1.807, 2.05) is 0 Å². The third-order valence-corrected chi connectivity index (χ3v) is 2.74. The van der Waals surface area contributed by atoms with E-state index in [2.05, 4.69) is 12.2 Å². The van der Waals surface area contributed by atoms with Gasteiger partial charge in [-0.25, -0.2) is 0 Å². The van der Waals surface area contributed by atoms with Crippen LogP contribution in [0, 0.1) is 0 Å². The van der Waals surface area contributed by atoms with Gasteiger partial charge in [0.1, 0.15) is 6.10 Å². The fraction of sp³-hybridized carbons (Fsp3) is 0.909. The van der Waals surface area contributed by atoms with Crippen LogP contribution in [0.1, 0.15) is 39.0 Å². The lowest BCUT2D eigenvalue weighted by Crippen LogP contribution is -2.36. The van der Waals surface area contributed by atoms with E-state index in [0.29, 0.717) is 6.54 Å². The SMILES string of the molecule is CCCCCNC(=O)[C@@H]1CC[C@H](CN)O1.Cl. The second kappa shape index (κ2) is 8.79. The van der Waals surface area contributed by atoms with Gasteiger partial charge in [-0.2, -0.15) is 0 Å². The average molecular weight is 251 g/mol. The standard InChI is InChI=1S/C11H22N2O2.ClH/c1-2-3-4-7-13-11(14)10-6-5-9(8-12)15-10;/h9-10H,2-8,12H2,1H3,(H,13,14);1H/t9-,10+;/m1./s1. The van der Waals surface area contributed by atoms with E-state index >= 15 is 0 Å². The average Bonchev–Trinajstić information content (AvgIpc) is 2.72. The van der Waals surface area contributed by atoms with Crippen molar-refractivity contribution in [3.05, 3.63) is 0 Å². The van der Waals surface area contributed by atoms with Crippen LogP contribution in [-0.4, -0.2) is 31.2 Å². The van der Waals surface area contributed by atoms with Crippen LogP contribution < -0.4 is 11.1 Å². The molecule has 3 N–H and O–H groups in total. The monoisotopic (exact) mass is 250 g/mol. The molecule has 1 heterocycles. The fourth-order valence-electron chi connectivity index (χ4n) is 1.77. The number of ether oxygens (including phenoxy) is 1. The van der Waals surface area contributed by atoms with Gasteiger partial charge >= 0.3 is 0 Å². The topological polar surface area (TPSA) is 64.4 Å². The Balaban J connectivity index is 0.00000225. The van der Waals surface area contributed by atoms with Gasteiger partial charge in [0.25, 0.3) is 0 Å². The highest BCUT2D eigenvalue weighted by Crippen LogP contribution is 2.18. The smallest absolute Gasteiger partial charge is 0.249 e. The third-order valence-electron chi connectivity index (χ3n) is 2.74. The molecule has 16 heavy (non-hydrogen) atoms. The Morgan fingerprint density at radius 3 is 2.75 bits per heavy atom. The largest absolute Gasteiger partial charge is 0.364 e. The van der Waals surface area contributed by atoms with Gasteiger partial charge < -0.3 is 15.8 Å². The molecule has 0 spiro atoms. The van der Waals surface area contributed by atoms with Crippen molar-refractivity contribution in [3.8, 4) is 0 Å². The number of unbranched alkanes of at least 4 members (excludes halogenated alkanes) is 2. The summed E-state index contributed by atoms with van der Waals surface area (Å²) in [4.78, 5) is 11.6. The van der Waals surface area contributed by atoms with Crippen LogP contribution in [0.15, 0.2) is 0 Å². The number of halogens is 1. The number of nitrogens with one attached hydrogen (secondary N) is 1. The number of carbonyl (C=O) groups excluding carboxylic acids is 1. The molecule has 5 heteroatoms. The van der Waals surface area contributed by atoms with Crippen molar-refractivity contribution in [1.29, 1.82) is 0 Å². The van der Waals surface area contributed by atoms with Gasteiger partial charge in [0.15, 0.2) is 0 Å². The maximum Gasteiger partial charge on any atom is 0.249 e. The Morgan fingerprint density at radius 1 is 1.44 bits per heavy atom. The van der Waals surface area contributed by atoms with Crippen molar-refractivity contribution in [2.45, 2.75) is 51.2 Å². The number of amides is 1. The number of carbonyl (C=O) groups is 1. The molecular weight excluding hydrogens is 228 g/mol. The van der Waals surface area contributed by atoms with Crippen LogP contribution in [0.2, 0.25) is 0 Å². The van der Waals surface area contributed by atoms with E-state index in [9.17, 15) is 4.79 Å². The normalized spacial score (nSPS) is 23.9. The second-order valence-electron chi connectivity index (χ2n) is 4.06. The quantitative estimate of drug-likeness (QED) is 0.697. The number of hydrogen-bond donors (Lipinski definition) is 2. The van der Waals surface area contributed by atoms with Crippen molar-refractivity contribution in [2.24, 2.45) is 5.73 Å². The van der Waals surface area contributed by atoms with Crippen LogP contribution in [0.5, 0.6) is 0 Å². The highest BCUT2D eigenvalue weighted by Gasteiger charge is 2.29. The molecule has 1 aliphatic heterocycles. The summed E-state index contributed by atoms with van der Waals surface area (Å²) >= 11 is 0. The van der Waals surface area contributed by atoms with Crippen LogP contribution >= 0.6 is 12.4 Å². The first-order chi connectivity index (χ1) is 7.27. The molecule has 4 nitrogen and oxygen atoms in total. The van der Waals surface area contributed by atoms with Crippen LogP contribution in [-0.2, 0) is 9.53 Å². The molecule has 0 aliphatic carbocycles. The summed E-state index contributed by atoms with van der Waals surface area (Å²) in [5.41, 5.74) is 5.48. The van der Waals surface area contributed by atoms with Crippen molar-refractivity contribution < 1.29 is 9.53 Å². The molecule has 1 saturated heterocycles. The molecule has 0 saturated carbocycles.